The summed E-state index contributed by atoms with van der Waals surface area (Å²) < 4.78 is 1.39. The highest BCUT2D eigenvalue weighted by molar-refractivity contribution is 7.19. The zero-order chi connectivity index (χ0) is 14.5. The van der Waals surface area contributed by atoms with Crippen LogP contribution in [0.5, 0.6) is 0 Å². The molecule has 20 heavy (non-hydrogen) atoms. The minimum Gasteiger partial charge on any atom is -0.363 e. The van der Waals surface area contributed by atoms with E-state index in [1.54, 1.807) is 0 Å². The molecule has 0 bridgehead atoms. The van der Waals surface area contributed by atoms with Gasteiger partial charge in [-0.1, -0.05) is 37.6 Å². The minimum atomic E-state index is 0.864. The number of benzene rings is 1. The first kappa shape index (κ1) is 14.9. The molecule has 0 saturated carbocycles. The number of anilines is 1. The van der Waals surface area contributed by atoms with E-state index >= 15 is 0 Å². The van der Waals surface area contributed by atoms with Crippen LogP contribution in [0.3, 0.4) is 0 Å². The second kappa shape index (κ2) is 6.76. The highest BCUT2D eigenvalue weighted by Gasteiger charge is 2.16. The first-order chi connectivity index (χ1) is 9.71. The summed E-state index contributed by atoms with van der Waals surface area (Å²) in [4.78, 5) is 3.86. The molecule has 0 N–H and O–H groups in total. The molecule has 0 unspecified atom stereocenters. The molecule has 0 aliphatic rings. The van der Waals surface area contributed by atoms with Crippen molar-refractivity contribution in [3.63, 3.8) is 0 Å². The van der Waals surface area contributed by atoms with Gasteiger partial charge in [-0.3, -0.25) is 0 Å². The topological polar surface area (TPSA) is 3.24 Å². The third kappa shape index (κ3) is 2.96. The zero-order valence-electron chi connectivity index (χ0n) is 12.5. The molecule has 0 saturated heterocycles. The molecule has 0 amide bonds. The van der Waals surface area contributed by atoms with Gasteiger partial charge in [0.1, 0.15) is 0 Å². The van der Waals surface area contributed by atoms with Crippen LogP contribution in [0.4, 0.5) is 5.69 Å². The van der Waals surface area contributed by atoms with Crippen LogP contribution in [-0.4, -0.2) is 13.1 Å². The highest BCUT2D eigenvalue weighted by Crippen LogP contribution is 2.39. The first-order valence-electron chi connectivity index (χ1n) is 7.20. The average molecular weight is 285 g/mol. The maximum Gasteiger partial charge on any atom is 0.0593 e. The zero-order valence-corrected chi connectivity index (χ0v) is 13.3. The number of hydrogen-bond donors (Lipinski definition) is 0. The molecule has 2 heteroatoms. The number of hydrogen-bond acceptors (Lipinski definition) is 2. The van der Waals surface area contributed by atoms with Gasteiger partial charge < -0.3 is 4.90 Å². The summed E-state index contributed by atoms with van der Waals surface area (Å²) in [7, 11) is 0. The van der Waals surface area contributed by atoms with Gasteiger partial charge in [0.05, 0.1) is 5.69 Å². The second-order valence-electron chi connectivity index (χ2n) is 5.11. The largest absolute Gasteiger partial charge is 0.363 e. The van der Waals surface area contributed by atoms with E-state index in [2.05, 4.69) is 50.1 Å². The second-order valence-corrected chi connectivity index (χ2v) is 6.24. The fourth-order valence-corrected chi connectivity index (χ4v) is 3.98. The van der Waals surface area contributed by atoms with E-state index in [1.165, 1.54) is 32.6 Å². The van der Waals surface area contributed by atoms with Crippen LogP contribution in [0.1, 0.15) is 23.8 Å². The minimum absolute atomic E-state index is 0.864. The Kier molecular flexibility index (Phi) is 5.02. The number of fused-ring (bicyclic) bond motifs is 1. The predicted octanol–water partition coefficient (Wildman–Crippen LogP) is 5.34. The molecule has 106 valence electrons. The van der Waals surface area contributed by atoms with E-state index < -0.39 is 0 Å². The molecule has 2 aromatic rings. The van der Waals surface area contributed by atoms with Gasteiger partial charge in [-0.15, -0.1) is 24.5 Å². The van der Waals surface area contributed by atoms with E-state index in [4.69, 9.17) is 0 Å². The molecule has 0 aliphatic carbocycles. The van der Waals surface area contributed by atoms with Gasteiger partial charge in [-0.25, -0.2) is 0 Å². The van der Waals surface area contributed by atoms with Gasteiger partial charge in [0.15, 0.2) is 0 Å². The maximum absolute atomic E-state index is 3.89. The summed E-state index contributed by atoms with van der Waals surface area (Å²) in [6.07, 6.45) is 6.25. The van der Waals surface area contributed by atoms with E-state index in [0.29, 0.717) is 0 Å². The standard InChI is InChI=1S/C18H23NS/c1-5-8-16-18(19(11-6-2)12-7-3)15-10-9-14(4)13-17(15)20-16/h6-7,9-10,13H,2-3,5,8,11-12H2,1,4H3. The Morgan fingerprint density at radius 3 is 2.50 bits per heavy atom. The van der Waals surface area contributed by atoms with Crippen LogP contribution in [0.25, 0.3) is 10.1 Å². The van der Waals surface area contributed by atoms with Crippen molar-refractivity contribution in [3.05, 3.63) is 53.9 Å². The molecule has 1 nitrogen and oxygen atoms in total. The first-order valence-corrected chi connectivity index (χ1v) is 8.01. The van der Waals surface area contributed by atoms with Crippen molar-refractivity contribution in [2.75, 3.05) is 18.0 Å². The Labute approximate surface area is 126 Å². The summed E-state index contributed by atoms with van der Waals surface area (Å²) >= 11 is 1.93. The number of nitrogens with zero attached hydrogens (tertiary/aromatic N) is 1. The molecule has 1 aromatic carbocycles. The monoisotopic (exact) mass is 285 g/mol. The highest BCUT2D eigenvalue weighted by atomic mass is 32.1. The summed E-state index contributed by atoms with van der Waals surface area (Å²) in [6.45, 7) is 13.9. The van der Waals surface area contributed by atoms with E-state index in [1.807, 2.05) is 23.5 Å². The van der Waals surface area contributed by atoms with Crippen molar-refractivity contribution in [2.24, 2.45) is 0 Å². The average Bonchev–Trinajstić information content (AvgIpc) is 2.76. The van der Waals surface area contributed by atoms with Crippen LogP contribution >= 0.6 is 11.3 Å². The molecule has 0 atom stereocenters. The van der Waals surface area contributed by atoms with Crippen LogP contribution < -0.4 is 4.90 Å². The van der Waals surface area contributed by atoms with Crippen molar-refractivity contribution in [3.8, 4) is 0 Å². The fraction of sp³-hybridized carbons (Fsp3) is 0.333. The Morgan fingerprint density at radius 1 is 1.20 bits per heavy atom. The molecular weight excluding hydrogens is 262 g/mol. The lowest BCUT2D eigenvalue weighted by Crippen LogP contribution is -2.23. The van der Waals surface area contributed by atoms with Crippen LogP contribution in [0.15, 0.2) is 43.5 Å². The molecule has 1 heterocycles. The van der Waals surface area contributed by atoms with Crippen LogP contribution in [0, 0.1) is 6.92 Å². The molecule has 0 spiro atoms. The Bertz CT molecular complexity index is 599. The normalized spacial score (nSPS) is 10.7. The SMILES string of the molecule is C=CCN(CC=C)c1c(CCC)sc2cc(C)ccc12. The summed E-state index contributed by atoms with van der Waals surface area (Å²) in [6, 6.07) is 6.76. The lowest BCUT2D eigenvalue weighted by atomic mass is 10.1. The molecule has 0 radical (unpaired) electrons. The van der Waals surface area contributed by atoms with Gasteiger partial charge in [-0.2, -0.15) is 0 Å². The van der Waals surface area contributed by atoms with Gasteiger partial charge in [0, 0.05) is 28.1 Å². The van der Waals surface area contributed by atoms with Crippen LogP contribution in [-0.2, 0) is 6.42 Å². The molecule has 0 aliphatic heterocycles. The van der Waals surface area contributed by atoms with Gasteiger partial charge in [-0.05, 0) is 25.0 Å². The summed E-state index contributed by atoms with van der Waals surface area (Å²) in [5, 5.41) is 1.37. The van der Waals surface area contributed by atoms with Gasteiger partial charge in [0.2, 0.25) is 0 Å². The van der Waals surface area contributed by atoms with E-state index in [0.717, 1.165) is 19.5 Å². The van der Waals surface area contributed by atoms with Gasteiger partial charge in [0.25, 0.3) is 0 Å². The fourth-order valence-electron chi connectivity index (χ4n) is 2.55. The van der Waals surface area contributed by atoms with E-state index in [-0.39, 0.29) is 0 Å². The molecule has 2 rings (SSSR count). The van der Waals surface area contributed by atoms with Crippen molar-refractivity contribution >= 4 is 27.1 Å². The van der Waals surface area contributed by atoms with E-state index in [9.17, 15) is 0 Å². The quantitative estimate of drug-likeness (QED) is 0.621. The van der Waals surface area contributed by atoms with Crippen molar-refractivity contribution in [1.29, 1.82) is 0 Å². The van der Waals surface area contributed by atoms with Crippen molar-refractivity contribution in [2.45, 2.75) is 26.7 Å². The van der Waals surface area contributed by atoms with Crippen molar-refractivity contribution in [1.82, 2.24) is 0 Å². The Hall–Kier alpha value is -1.54. The lowest BCUT2D eigenvalue weighted by molar-refractivity contribution is 0.908. The third-order valence-electron chi connectivity index (χ3n) is 3.38. The van der Waals surface area contributed by atoms with Crippen molar-refractivity contribution < 1.29 is 0 Å². The lowest BCUT2D eigenvalue weighted by Gasteiger charge is -2.23. The van der Waals surface area contributed by atoms with Gasteiger partial charge >= 0.3 is 0 Å². The summed E-state index contributed by atoms with van der Waals surface area (Å²) in [5.74, 6) is 0. The summed E-state index contributed by atoms with van der Waals surface area (Å²) in [5.41, 5.74) is 2.71. The number of thiophene rings is 1. The predicted molar refractivity (Wildman–Crippen MR) is 93.2 cm³/mol. The Balaban J connectivity index is 2.59. The molecule has 0 fully saturated rings. The number of rotatable bonds is 7. The Morgan fingerprint density at radius 2 is 1.90 bits per heavy atom. The molecule has 1 aromatic heterocycles. The maximum atomic E-state index is 3.89. The smallest absolute Gasteiger partial charge is 0.0593 e. The molecular formula is C18H23NS. The van der Waals surface area contributed by atoms with Crippen LogP contribution in [0.2, 0.25) is 0 Å². The number of aryl methyl sites for hydroxylation is 2. The third-order valence-corrected chi connectivity index (χ3v) is 4.58.